The number of carbonyl (C=O) groups excluding carboxylic acids is 7. The predicted molar refractivity (Wildman–Crippen MR) is 424 cm³/mol. The summed E-state index contributed by atoms with van der Waals surface area (Å²) in [4.78, 5) is 98.8. The minimum atomic E-state index is -0.448. The smallest absolute Gasteiger partial charge is 0.410 e. The van der Waals surface area contributed by atoms with Crippen molar-refractivity contribution in [3.8, 4) is 11.1 Å². The maximum Gasteiger partial charge on any atom is 0.410 e. The molecule has 15 rings (SSSR count). The van der Waals surface area contributed by atoms with Gasteiger partial charge in [0.15, 0.2) is 5.78 Å². The number of likely N-dealkylation sites (tertiary alicyclic amines) is 3. The Balaban J connectivity index is 0.000000141. The first-order valence-corrected chi connectivity index (χ1v) is 38.2. The highest BCUT2D eigenvalue weighted by Crippen LogP contribution is 2.48. The number of nitrogens with zero attached hydrogens (tertiary/aromatic N) is 8. The van der Waals surface area contributed by atoms with Crippen molar-refractivity contribution in [2.75, 3.05) is 52.4 Å². The molecule has 6 amide bonds. The van der Waals surface area contributed by atoms with Crippen LogP contribution in [0.1, 0.15) is 99.8 Å². The lowest BCUT2D eigenvalue weighted by Crippen LogP contribution is -2.61. The van der Waals surface area contributed by atoms with Crippen LogP contribution in [0.25, 0.3) is 43.8 Å². The number of hydrogen-bond donors (Lipinski definition) is 2. The summed E-state index contributed by atoms with van der Waals surface area (Å²) in [5.41, 5.74) is 16.3. The van der Waals surface area contributed by atoms with Crippen LogP contribution in [0.4, 0.5) is 4.79 Å². The number of benzene rings is 6. The van der Waals surface area contributed by atoms with Crippen molar-refractivity contribution in [1.29, 1.82) is 0 Å². The zero-order chi connectivity index (χ0) is 75.0. The van der Waals surface area contributed by atoms with Crippen LogP contribution in [0.15, 0.2) is 187 Å². The van der Waals surface area contributed by atoms with E-state index in [1.807, 2.05) is 107 Å². The Morgan fingerprint density at radius 1 is 0.623 bits per heavy atom. The topological polar surface area (TPSA) is 184 Å². The van der Waals surface area contributed by atoms with Crippen LogP contribution in [0, 0.1) is 26.7 Å². The number of nitrogens with one attached hydrogen (secondary N) is 2. The van der Waals surface area contributed by atoms with Crippen molar-refractivity contribution in [2.24, 2.45) is 5.92 Å². The van der Waals surface area contributed by atoms with Gasteiger partial charge in [-0.15, -0.1) is 0 Å². The van der Waals surface area contributed by atoms with Gasteiger partial charge in [0.25, 0.3) is 5.91 Å². The summed E-state index contributed by atoms with van der Waals surface area (Å²) in [7, 11) is 0. The Kier molecular flexibility index (Phi) is 22.0. The van der Waals surface area contributed by atoms with Gasteiger partial charge in [0.05, 0.1) is 41.8 Å². The highest BCUT2D eigenvalue weighted by atomic mass is 79.9. The average Bonchev–Trinajstić information content (AvgIpc) is 1.57. The van der Waals surface area contributed by atoms with Gasteiger partial charge in [-0.1, -0.05) is 149 Å². The van der Waals surface area contributed by atoms with E-state index in [4.69, 9.17) is 16.3 Å². The number of amides is 6. The second kappa shape index (κ2) is 31.4. The van der Waals surface area contributed by atoms with Gasteiger partial charge in [-0.25, -0.2) is 4.79 Å². The molecule has 548 valence electrons. The van der Waals surface area contributed by atoms with Crippen LogP contribution in [0.5, 0.6) is 0 Å². The largest absolute Gasteiger partial charge is 0.445 e. The number of halogens is 3. The minimum Gasteiger partial charge on any atom is -0.445 e. The monoisotopic (exact) mass is 1570 g/mol. The average molecular weight is 1570 g/mol. The first-order valence-electron chi connectivity index (χ1n) is 36.2. The van der Waals surface area contributed by atoms with E-state index >= 15 is 0 Å². The van der Waals surface area contributed by atoms with Crippen molar-refractivity contribution in [1.82, 2.24) is 48.8 Å². The quantitative estimate of drug-likeness (QED) is 0.0587. The zero-order valence-electron chi connectivity index (χ0n) is 60.7. The fourth-order valence-corrected chi connectivity index (χ4v) is 17.1. The standard InChI is InChI=1S/C31H35BrN4O2.C27H27BrN4O4.C27H27ClN2O2/c1-7-20(3)34-16-24(17-34)33-27(37)18-35-21(4)28(25-15-23(32)14-19(2)29(25)35)30(38)36-13-12-22-10-8-9-11-26(22)31(36,5)6;1-2-26(34)31-13-20(14-31)29-25(33)16-32-23-9-8-19(28)12-22(23)21-10-11-30(15-24(21)32)27(35)36-17-18-6-4-3-5-7-18;1-3-26(32)29-14-18(15-29)12-21(31)16-30-17(2)27(24-13-20(28)10-11-25(24)30)23-7-5-4-6-22(23)19-8-9-19/h7-11,14-15,24H,1,3,12-13,16-18H2,2,4-6H3,(H,33,37);2-9,12,20H,1,10-11,13-17H2,(H,29,33);3-7,10-11,13,18-19H,1,8-9,12,14-16H2,2H3. The molecule has 5 aliphatic heterocycles. The van der Waals surface area contributed by atoms with Gasteiger partial charge in [-0.3, -0.25) is 28.8 Å². The summed E-state index contributed by atoms with van der Waals surface area (Å²) in [6, 6.07) is 42.6. The van der Waals surface area contributed by atoms with Crippen LogP contribution in [0.3, 0.4) is 0 Å². The van der Waals surface area contributed by atoms with E-state index in [2.05, 4.69) is 148 Å². The maximum atomic E-state index is 14.3. The van der Waals surface area contributed by atoms with E-state index in [1.165, 1.54) is 52.8 Å². The van der Waals surface area contributed by atoms with Crippen LogP contribution in [0.2, 0.25) is 5.02 Å². The molecule has 0 bridgehead atoms. The molecule has 3 saturated heterocycles. The number of fused-ring (bicyclic) bond motifs is 6. The number of aryl methyl sites for hydroxylation is 1. The van der Waals surface area contributed by atoms with Crippen molar-refractivity contribution < 1.29 is 38.3 Å². The van der Waals surface area contributed by atoms with Crippen LogP contribution in [-0.2, 0) is 79.9 Å². The number of ether oxygens (including phenoxy) is 1. The second-order valence-corrected chi connectivity index (χ2v) is 31.4. The summed E-state index contributed by atoms with van der Waals surface area (Å²) < 4.78 is 13.6. The number of carbonyl (C=O) groups is 7. The van der Waals surface area contributed by atoms with Gasteiger partial charge < -0.3 is 53.6 Å². The molecule has 18 nitrogen and oxygen atoms in total. The molecule has 0 spiro atoms. The van der Waals surface area contributed by atoms with E-state index in [0.717, 1.165) is 101 Å². The molecular formula is C85H89Br2ClN10O8. The Morgan fingerprint density at radius 3 is 1.93 bits per heavy atom. The Hall–Kier alpha value is -9.76. The van der Waals surface area contributed by atoms with Gasteiger partial charge in [0, 0.05) is 134 Å². The lowest BCUT2D eigenvalue weighted by molar-refractivity contribution is -0.134. The number of aromatic nitrogens is 3. The summed E-state index contributed by atoms with van der Waals surface area (Å²) in [6.45, 7) is 31.2. The van der Waals surface area contributed by atoms with Crippen molar-refractivity contribution in [3.63, 3.8) is 0 Å². The first kappa shape index (κ1) is 74.5. The summed E-state index contributed by atoms with van der Waals surface area (Å²) in [6.07, 6.45) is 8.44. The van der Waals surface area contributed by atoms with E-state index in [1.54, 1.807) is 20.8 Å². The fraction of sp³-hybridized carbons (Fsp3) is 0.329. The van der Waals surface area contributed by atoms with E-state index < -0.39 is 5.54 Å². The maximum absolute atomic E-state index is 14.3. The third kappa shape index (κ3) is 15.5. The molecule has 0 atom stereocenters. The molecule has 0 unspecified atom stereocenters. The minimum absolute atomic E-state index is 0.00114. The molecule has 2 N–H and O–H groups in total. The highest BCUT2D eigenvalue weighted by Gasteiger charge is 2.41. The third-order valence-electron chi connectivity index (χ3n) is 21.7. The molecule has 6 aromatic carbocycles. The highest BCUT2D eigenvalue weighted by molar-refractivity contribution is 9.10. The number of hydrogen-bond acceptors (Lipinski definition) is 9. The molecule has 9 aromatic rings. The third-order valence-corrected chi connectivity index (χ3v) is 22.9. The molecule has 1 saturated carbocycles. The van der Waals surface area contributed by atoms with E-state index in [-0.39, 0.29) is 79.1 Å². The molecule has 8 heterocycles. The number of ketones is 1. The van der Waals surface area contributed by atoms with Crippen molar-refractivity contribution in [2.45, 2.75) is 123 Å². The van der Waals surface area contributed by atoms with E-state index in [0.29, 0.717) is 81.7 Å². The summed E-state index contributed by atoms with van der Waals surface area (Å²) in [5, 5.41) is 9.91. The first-order chi connectivity index (χ1) is 50.9. The molecule has 3 aromatic heterocycles. The van der Waals surface area contributed by atoms with Gasteiger partial charge in [-0.05, 0) is 172 Å². The summed E-state index contributed by atoms with van der Waals surface area (Å²) in [5.74, 6) is 0.679. The lowest BCUT2D eigenvalue weighted by Gasteiger charge is -2.44. The van der Waals surface area contributed by atoms with Gasteiger partial charge in [-0.2, -0.15) is 0 Å². The zero-order valence-corrected chi connectivity index (χ0v) is 64.6. The second-order valence-electron chi connectivity index (χ2n) is 29.2. The lowest BCUT2D eigenvalue weighted by atomic mass is 9.83. The molecule has 0 radical (unpaired) electrons. The molecule has 6 aliphatic rings. The molecular weight excluding hydrogens is 1480 g/mol. The Bertz CT molecular complexity index is 5030. The summed E-state index contributed by atoms with van der Waals surface area (Å²) >= 11 is 13.6. The van der Waals surface area contributed by atoms with Crippen LogP contribution < -0.4 is 10.6 Å². The molecule has 106 heavy (non-hydrogen) atoms. The molecule has 21 heteroatoms. The van der Waals surface area contributed by atoms with Crippen molar-refractivity contribution in [3.05, 3.63) is 248 Å². The Labute approximate surface area is 640 Å². The van der Waals surface area contributed by atoms with E-state index in [9.17, 15) is 33.6 Å². The van der Waals surface area contributed by atoms with Gasteiger partial charge in [0.1, 0.15) is 19.7 Å². The van der Waals surface area contributed by atoms with Gasteiger partial charge >= 0.3 is 6.09 Å². The molecule has 1 aliphatic carbocycles. The normalized spacial score (nSPS) is 16.1. The number of allylic oxidation sites excluding steroid dienone is 1. The van der Waals surface area contributed by atoms with Crippen molar-refractivity contribution >= 4 is 118 Å². The molecule has 4 fully saturated rings. The number of rotatable bonds is 19. The van der Waals surface area contributed by atoms with Gasteiger partial charge in [0.2, 0.25) is 23.6 Å². The predicted octanol–water partition coefficient (Wildman–Crippen LogP) is 14.8. The fourth-order valence-electron chi connectivity index (χ4n) is 16.0. The number of Topliss-reactive ketones (excluding diaryl/α,β-unsaturated/α-hetero) is 1. The Morgan fingerprint density at radius 2 is 1.25 bits per heavy atom. The SMILES string of the molecule is C=CC(=C)N1CC(NC(=O)Cn2c(C)c(C(=O)N3CCc4ccccc4C3(C)C)c3cc(Br)cc(C)c32)C1.C=CC(=O)N1CC(CC(=O)Cn2c(C)c(-c3ccccc3C3CC3)c3cc(Cl)ccc32)C1.C=CC(=O)N1CC(NC(=O)Cn2c3c(c4cc(Br)ccc42)CCN(C(=O)OCc2ccccc2)C3)C1. The van der Waals surface area contributed by atoms with Crippen LogP contribution >= 0.6 is 43.5 Å². The van der Waals surface area contributed by atoms with Crippen LogP contribution in [-0.4, -0.2) is 144 Å².